The Morgan fingerprint density at radius 1 is 1.29 bits per heavy atom. The molecule has 0 spiro atoms. The first kappa shape index (κ1) is 18.0. The second-order valence-corrected chi connectivity index (χ2v) is 5.95. The van der Waals surface area contributed by atoms with Crippen molar-refractivity contribution in [1.82, 2.24) is 20.0 Å². The van der Waals surface area contributed by atoms with Crippen LogP contribution in [0.5, 0.6) is 0 Å². The van der Waals surface area contributed by atoms with Crippen molar-refractivity contribution >= 4 is 11.8 Å². The molecule has 3 N–H and O–H groups in total. The van der Waals surface area contributed by atoms with Crippen LogP contribution in [0.2, 0.25) is 0 Å². The molecular formula is C17H25N5O2. The molecule has 0 aliphatic rings. The average Bonchev–Trinajstić information content (AvgIpc) is 2.99. The van der Waals surface area contributed by atoms with E-state index in [1.807, 2.05) is 50.6 Å². The predicted molar refractivity (Wildman–Crippen MR) is 94.0 cm³/mol. The molecule has 2 aromatic rings. The van der Waals surface area contributed by atoms with E-state index in [4.69, 9.17) is 0 Å². The molecule has 1 heterocycles. The Morgan fingerprint density at radius 2 is 2.04 bits per heavy atom. The van der Waals surface area contributed by atoms with Crippen molar-refractivity contribution in [2.75, 3.05) is 32.5 Å². The van der Waals surface area contributed by atoms with Crippen molar-refractivity contribution < 1.29 is 9.90 Å². The fraction of sp³-hybridized carbons (Fsp3) is 0.412. The van der Waals surface area contributed by atoms with Crippen LogP contribution in [-0.4, -0.2) is 59.1 Å². The Kier molecular flexibility index (Phi) is 6.77. The van der Waals surface area contributed by atoms with E-state index in [9.17, 15) is 9.90 Å². The maximum absolute atomic E-state index is 11.9. The number of carbonyl (C=O) groups excluding carboxylic acids is 1. The highest BCUT2D eigenvalue weighted by Crippen LogP contribution is 2.04. The molecule has 1 aromatic carbocycles. The highest BCUT2D eigenvalue weighted by molar-refractivity contribution is 5.88. The van der Waals surface area contributed by atoms with Crippen molar-refractivity contribution in [1.29, 1.82) is 0 Å². The molecule has 2 amide bonds. The summed E-state index contributed by atoms with van der Waals surface area (Å²) in [5, 5.41) is 19.6. The summed E-state index contributed by atoms with van der Waals surface area (Å²) in [4.78, 5) is 13.9. The first-order valence-corrected chi connectivity index (χ1v) is 7.98. The van der Waals surface area contributed by atoms with Crippen LogP contribution in [-0.2, 0) is 13.0 Å². The molecule has 0 bridgehead atoms. The molecule has 7 heteroatoms. The second kappa shape index (κ2) is 9.05. The zero-order valence-corrected chi connectivity index (χ0v) is 14.1. The lowest BCUT2D eigenvalue weighted by molar-refractivity contribution is 0.172. The van der Waals surface area contributed by atoms with Gasteiger partial charge in [-0.15, -0.1) is 0 Å². The summed E-state index contributed by atoms with van der Waals surface area (Å²) in [5.74, 6) is 0.490. The molecule has 0 aliphatic carbocycles. The maximum Gasteiger partial charge on any atom is 0.320 e. The quantitative estimate of drug-likeness (QED) is 0.678. The topological polar surface area (TPSA) is 82.4 Å². The zero-order chi connectivity index (χ0) is 17.4. The van der Waals surface area contributed by atoms with E-state index in [0.29, 0.717) is 12.2 Å². The smallest absolute Gasteiger partial charge is 0.320 e. The summed E-state index contributed by atoms with van der Waals surface area (Å²) in [7, 11) is 3.99. The number of hydrogen-bond acceptors (Lipinski definition) is 4. The van der Waals surface area contributed by atoms with E-state index in [1.54, 1.807) is 10.7 Å². The third-order valence-electron chi connectivity index (χ3n) is 3.47. The monoisotopic (exact) mass is 331 g/mol. The molecule has 2 rings (SSSR count). The maximum atomic E-state index is 11.9. The minimum atomic E-state index is -0.629. The largest absolute Gasteiger partial charge is 0.391 e. The van der Waals surface area contributed by atoms with Gasteiger partial charge in [-0.2, -0.15) is 5.10 Å². The van der Waals surface area contributed by atoms with E-state index in [2.05, 4.69) is 20.6 Å². The molecule has 0 aliphatic heterocycles. The number of nitrogens with one attached hydrogen (secondary N) is 2. The third-order valence-corrected chi connectivity index (χ3v) is 3.47. The van der Waals surface area contributed by atoms with Gasteiger partial charge in [0.15, 0.2) is 5.82 Å². The summed E-state index contributed by atoms with van der Waals surface area (Å²) in [6.07, 6.45) is 1.69. The van der Waals surface area contributed by atoms with Crippen LogP contribution in [0.4, 0.5) is 10.6 Å². The molecule has 0 saturated heterocycles. The number of hydrogen-bond donors (Lipinski definition) is 3. The third kappa shape index (κ3) is 6.39. The number of aliphatic hydroxyl groups excluding tert-OH is 1. The summed E-state index contributed by atoms with van der Waals surface area (Å²) in [6.45, 7) is 1.81. The van der Waals surface area contributed by atoms with Crippen molar-refractivity contribution in [3.8, 4) is 0 Å². The number of anilines is 1. The van der Waals surface area contributed by atoms with Crippen LogP contribution in [0.1, 0.15) is 5.56 Å². The highest BCUT2D eigenvalue weighted by Gasteiger charge is 2.09. The van der Waals surface area contributed by atoms with Gasteiger partial charge in [0.05, 0.1) is 12.6 Å². The van der Waals surface area contributed by atoms with Crippen LogP contribution in [0.3, 0.4) is 0 Å². The Balaban J connectivity index is 1.71. The number of urea groups is 1. The van der Waals surface area contributed by atoms with E-state index < -0.39 is 6.10 Å². The number of aliphatic hydroxyl groups is 1. The average molecular weight is 331 g/mol. The summed E-state index contributed by atoms with van der Waals surface area (Å²) >= 11 is 0. The lowest BCUT2D eigenvalue weighted by atomic mass is 10.1. The molecule has 130 valence electrons. The van der Waals surface area contributed by atoms with Gasteiger partial charge in [-0.25, -0.2) is 4.79 Å². The molecule has 1 unspecified atom stereocenters. The lowest BCUT2D eigenvalue weighted by Crippen LogP contribution is -2.36. The number of amides is 2. The van der Waals surface area contributed by atoms with Gasteiger partial charge in [0, 0.05) is 31.8 Å². The number of aromatic nitrogens is 2. The molecule has 24 heavy (non-hydrogen) atoms. The molecule has 0 saturated carbocycles. The van der Waals surface area contributed by atoms with Crippen molar-refractivity contribution in [2.24, 2.45) is 0 Å². The highest BCUT2D eigenvalue weighted by atomic mass is 16.3. The normalized spacial score (nSPS) is 12.2. The molecule has 7 nitrogen and oxygen atoms in total. The van der Waals surface area contributed by atoms with Crippen LogP contribution in [0.15, 0.2) is 42.6 Å². The standard InChI is InChI=1S/C17H25N5O2/c1-21(2)10-11-22-9-8-16(20-22)19-17(24)18-13-15(23)12-14-6-4-3-5-7-14/h3-9,15,23H,10-13H2,1-2H3,(H2,18,19,20,24). The van der Waals surface area contributed by atoms with E-state index in [1.165, 1.54) is 0 Å². The van der Waals surface area contributed by atoms with Crippen LogP contribution in [0.25, 0.3) is 0 Å². The lowest BCUT2D eigenvalue weighted by Gasteiger charge is -2.12. The molecule has 1 atom stereocenters. The molecule has 0 radical (unpaired) electrons. The van der Waals surface area contributed by atoms with E-state index >= 15 is 0 Å². The molecule has 0 fully saturated rings. The minimum Gasteiger partial charge on any atom is -0.391 e. The fourth-order valence-corrected chi connectivity index (χ4v) is 2.18. The number of likely N-dealkylation sites (N-methyl/N-ethyl adjacent to an activating group) is 1. The summed E-state index contributed by atoms with van der Waals surface area (Å²) in [5.41, 5.74) is 1.03. The van der Waals surface area contributed by atoms with Crippen molar-refractivity contribution in [3.63, 3.8) is 0 Å². The van der Waals surface area contributed by atoms with Gasteiger partial charge in [0.1, 0.15) is 0 Å². The summed E-state index contributed by atoms with van der Waals surface area (Å²) in [6, 6.07) is 11.0. The summed E-state index contributed by atoms with van der Waals surface area (Å²) < 4.78 is 1.78. The predicted octanol–water partition coefficient (Wildman–Crippen LogP) is 1.17. The first-order chi connectivity index (χ1) is 11.5. The van der Waals surface area contributed by atoms with Gasteiger partial charge in [-0.1, -0.05) is 30.3 Å². The second-order valence-electron chi connectivity index (χ2n) is 5.95. The SMILES string of the molecule is CN(C)CCn1ccc(NC(=O)NCC(O)Cc2ccccc2)n1. The van der Waals surface area contributed by atoms with Gasteiger partial charge in [0.2, 0.25) is 0 Å². The van der Waals surface area contributed by atoms with Gasteiger partial charge < -0.3 is 15.3 Å². The van der Waals surface area contributed by atoms with Gasteiger partial charge >= 0.3 is 6.03 Å². The Labute approximate surface area is 142 Å². The van der Waals surface area contributed by atoms with Crippen molar-refractivity contribution in [2.45, 2.75) is 19.1 Å². The van der Waals surface area contributed by atoms with E-state index in [0.717, 1.165) is 18.7 Å². The van der Waals surface area contributed by atoms with Gasteiger partial charge in [-0.3, -0.25) is 10.00 Å². The number of benzene rings is 1. The minimum absolute atomic E-state index is 0.183. The molecular weight excluding hydrogens is 306 g/mol. The number of nitrogens with zero attached hydrogens (tertiary/aromatic N) is 3. The number of carbonyl (C=O) groups is 1. The van der Waals surface area contributed by atoms with Gasteiger partial charge in [-0.05, 0) is 19.7 Å². The van der Waals surface area contributed by atoms with Crippen LogP contribution in [0, 0.1) is 0 Å². The first-order valence-electron chi connectivity index (χ1n) is 7.98. The zero-order valence-electron chi connectivity index (χ0n) is 14.1. The van der Waals surface area contributed by atoms with Crippen LogP contribution < -0.4 is 10.6 Å². The van der Waals surface area contributed by atoms with Crippen LogP contribution >= 0.6 is 0 Å². The fourth-order valence-electron chi connectivity index (χ4n) is 2.18. The molecule has 1 aromatic heterocycles. The van der Waals surface area contributed by atoms with Gasteiger partial charge in [0.25, 0.3) is 0 Å². The Bertz CT molecular complexity index is 627. The van der Waals surface area contributed by atoms with E-state index in [-0.39, 0.29) is 12.6 Å². The Hall–Kier alpha value is -2.38. The Morgan fingerprint density at radius 3 is 2.75 bits per heavy atom. The van der Waals surface area contributed by atoms with Crippen molar-refractivity contribution in [3.05, 3.63) is 48.2 Å². The number of rotatable bonds is 8.